The molecule has 0 aromatic carbocycles. The number of allylic oxidation sites excluding steroid dienone is 1. The summed E-state index contributed by atoms with van der Waals surface area (Å²) in [6, 6.07) is -0.534. The molecule has 8 nitrogen and oxygen atoms in total. The number of rotatable bonds is 6. The van der Waals surface area contributed by atoms with Crippen LogP contribution in [0.25, 0.3) is 5.76 Å². The van der Waals surface area contributed by atoms with Gasteiger partial charge in [-0.15, -0.1) is 5.10 Å². The van der Waals surface area contributed by atoms with Crippen LogP contribution in [0.3, 0.4) is 0 Å². The second kappa shape index (κ2) is 10.1. The minimum atomic E-state index is -2.21. The van der Waals surface area contributed by atoms with Gasteiger partial charge in [0.05, 0.1) is 14.1 Å². The Kier molecular flexibility index (Phi) is 9.82. The van der Waals surface area contributed by atoms with Crippen molar-refractivity contribution in [2.24, 2.45) is 0 Å². The van der Waals surface area contributed by atoms with Gasteiger partial charge in [-0.2, -0.15) is 4.68 Å². The van der Waals surface area contributed by atoms with E-state index in [9.17, 15) is 14.2 Å². The number of hydrogen-bond donors (Lipinski definition) is 1. The van der Waals surface area contributed by atoms with Gasteiger partial charge in [0.25, 0.3) is 8.32 Å². The minimum absolute atomic E-state index is 0. The first-order chi connectivity index (χ1) is 11.3. The molecule has 0 fully saturated rings. The summed E-state index contributed by atoms with van der Waals surface area (Å²) in [7, 11) is -4.03. The topological polar surface area (TPSA) is 103 Å². The maximum atomic E-state index is 12.0. The van der Waals surface area contributed by atoms with Crippen molar-refractivity contribution in [3.05, 3.63) is 18.2 Å². The molecule has 1 amide bonds. The van der Waals surface area contributed by atoms with Crippen LogP contribution in [0.15, 0.2) is 12.4 Å². The van der Waals surface area contributed by atoms with E-state index in [1.165, 1.54) is 19.3 Å². The summed E-state index contributed by atoms with van der Waals surface area (Å²) in [4.78, 5) is 27.6. The van der Waals surface area contributed by atoms with E-state index in [-0.39, 0.29) is 61.4 Å². The van der Waals surface area contributed by atoms with Gasteiger partial charge in [-0.25, -0.2) is 9.78 Å². The summed E-state index contributed by atoms with van der Waals surface area (Å²) in [6.07, 6.45) is 2.67. The van der Waals surface area contributed by atoms with Crippen LogP contribution in [-0.4, -0.2) is 47.8 Å². The number of ketones is 1. The molecular weight excluding hydrogens is 448 g/mol. The second-order valence-electron chi connectivity index (χ2n) is 7.36. The average molecular weight is 475 g/mol. The van der Waals surface area contributed by atoms with Crippen molar-refractivity contribution in [2.75, 3.05) is 13.0 Å². The SMILES string of the molecule is CC(=O)C=C(O[Si](C)(C)C(C)(C)C)c1ncn(C(=O)NC[PH](C)=O)n1.[Y]. The Hall–Kier alpha value is -0.629. The fourth-order valence-electron chi connectivity index (χ4n) is 1.51. The molecule has 143 valence electrons. The van der Waals surface area contributed by atoms with Gasteiger partial charge in [-0.1, -0.05) is 20.8 Å². The molecule has 1 unspecified atom stereocenters. The molecule has 1 atom stereocenters. The molecule has 0 bridgehead atoms. The molecule has 0 saturated carbocycles. The Morgan fingerprint density at radius 1 is 1.38 bits per heavy atom. The smallest absolute Gasteiger partial charge is 0.343 e. The third-order valence-electron chi connectivity index (χ3n) is 3.91. The Morgan fingerprint density at radius 3 is 2.42 bits per heavy atom. The first kappa shape index (κ1) is 25.4. The Balaban J connectivity index is 0.00000625. The predicted molar refractivity (Wildman–Crippen MR) is 101 cm³/mol. The summed E-state index contributed by atoms with van der Waals surface area (Å²) >= 11 is 0. The summed E-state index contributed by atoms with van der Waals surface area (Å²) in [5.74, 6) is 0.230. The minimum Gasteiger partial charge on any atom is -0.541 e. The normalized spacial score (nSPS) is 13.6. The maximum Gasteiger partial charge on any atom is 0.343 e. The van der Waals surface area contributed by atoms with E-state index in [0.717, 1.165) is 4.68 Å². The van der Waals surface area contributed by atoms with Crippen molar-refractivity contribution >= 4 is 33.7 Å². The van der Waals surface area contributed by atoms with Crippen LogP contribution in [-0.2, 0) is 46.5 Å². The third-order valence-corrected chi connectivity index (χ3v) is 8.93. The van der Waals surface area contributed by atoms with Crippen molar-refractivity contribution in [2.45, 2.75) is 45.8 Å². The molecule has 0 aliphatic heterocycles. The molecule has 1 N–H and O–H groups in total. The largest absolute Gasteiger partial charge is 0.541 e. The van der Waals surface area contributed by atoms with E-state index >= 15 is 0 Å². The first-order valence-corrected chi connectivity index (χ1v) is 13.0. The monoisotopic (exact) mass is 475 g/mol. The first-order valence-electron chi connectivity index (χ1n) is 7.94. The number of aromatic nitrogens is 3. The van der Waals surface area contributed by atoms with Crippen LogP contribution in [0, 0.1) is 0 Å². The van der Waals surface area contributed by atoms with Gasteiger partial charge < -0.3 is 14.3 Å². The van der Waals surface area contributed by atoms with Crippen molar-refractivity contribution in [3.63, 3.8) is 0 Å². The molecule has 0 aliphatic rings. The number of nitrogens with zero attached hydrogens (tertiary/aromatic N) is 3. The zero-order valence-corrected chi connectivity index (χ0v) is 21.3. The maximum absolute atomic E-state index is 12.0. The quantitative estimate of drug-likeness (QED) is 0.294. The predicted octanol–water partition coefficient (Wildman–Crippen LogP) is 2.93. The number of amides is 1. The van der Waals surface area contributed by atoms with Gasteiger partial charge in [-0.3, -0.25) is 4.79 Å². The molecular formula is C15H27N4O4PSiY. The van der Waals surface area contributed by atoms with Crippen molar-refractivity contribution in [1.82, 2.24) is 20.1 Å². The molecule has 0 spiro atoms. The molecule has 1 heterocycles. The Morgan fingerprint density at radius 2 is 1.96 bits per heavy atom. The molecule has 1 aromatic heterocycles. The van der Waals surface area contributed by atoms with E-state index in [4.69, 9.17) is 4.43 Å². The van der Waals surface area contributed by atoms with E-state index in [1.54, 1.807) is 6.66 Å². The van der Waals surface area contributed by atoms with Gasteiger partial charge in [0.2, 0.25) is 5.82 Å². The fourth-order valence-corrected chi connectivity index (χ4v) is 2.91. The van der Waals surface area contributed by atoms with E-state index in [2.05, 4.69) is 36.2 Å². The van der Waals surface area contributed by atoms with Crippen LogP contribution >= 0.6 is 7.80 Å². The van der Waals surface area contributed by atoms with E-state index < -0.39 is 22.1 Å². The van der Waals surface area contributed by atoms with Gasteiger partial charge >= 0.3 is 6.03 Å². The van der Waals surface area contributed by atoms with Crippen LogP contribution in [0.1, 0.15) is 33.5 Å². The summed E-state index contributed by atoms with van der Waals surface area (Å²) in [5, 5.41) is 6.51. The molecule has 1 radical (unpaired) electrons. The number of carbonyl (C=O) groups excluding carboxylic acids is 2. The summed E-state index contributed by atoms with van der Waals surface area (Å²) < 4.78 is 18.3. The van der Waals surface area contributed by atoms with Crippen LogP contribution in [0.2, 0.25) is 18.1 Å². The van der Waals surface area contributed by atoms with Gasteiger partial charge in [0, 0.05) is 38.8 Å². The van der Waals surface area contributed by atoms with E-state index in [1.807, 2.05) is 13.1 Å². The molecule has 0 saturated heterocycles. The molecule has 26 heavy (non-hydrogen) atoms. The third kappa shape index (κ3) is 7.55. The molecule has 1 rings (SSSR count). The Labute approximate surface area is 181 Å². The molecule has 11 heteroatoms. The fraction of sp³-hybridized carbons (Fsp3) is 0.600. The zero-order valence-electron chi connectivity index (χ0n) is 16.4. The van der Waals surface area contributed by atoms with Crippen molar-refractivity contribution in [3.8, 4) is 0 Å². The van der Waals surface area contributed by atoms with Crippen LogP contribution < -0.4 is 5.32 Å². The second-order valence-corrected chi connectivity index (χ2v) is 13.8. The van der Waals surface area contributed by atoms with Crippen molar-refractivity contribution in [1.29, 1.82) is 0 Å². The summed E-state index contributed by atoms with van der Waals surface area (Å²) in [6.45, 7) is 13.3. The van der Waals surface area contributed by atoms with Gasteiger partial charge in [-0.05, 0) is 31.7 Å². The molecule has 1 aromatic rings. The summed E-state index contributed by atoms with van der Waals surface area (Å²) in [5.41, 5.74) is 0. The zero-order chi connectivity index (χ0) is 19.4. The van der Waals surface area contributed by atoms with Crippen LogP contribution in [0.4, 0.5) is 4.79 Å². The Bertz CT molecular complexity index is 713. The van der Waals surface area contributed by atoms with Gasteiger partial charge in [0.1, 0.15) is 6.33 Å². The van der Waals surface area contributed by atoms with Crippen molar-refractivity contribution < 1.29 is 51.3 Å². The number of hydrogen-bond acceptors (Lipinski definition) is 6. The average Bonchev–Trinajstić information content (AvgIpc) is 2.91. The number of carbonyl (C=O) groups is 2. The van der Waals surface area contributed by atoms with E-state index in [0.29, 0.717) is 0 Å². The number of nitrogens with one attached hydrogen (secondary N) is 1. The standard InChI is InChI=1S/C15H27N4O4PSi.Y/c1-11(20)8-12(23-25(6,7)15(2,3)4)13-16-9-19(18-13)14(21)17-10-24(5)22;/h8-9,24H,10H2,1-7H3,(H,17,21);. The molecule has 0 aliphatic carbocycles. The van der Waals surface area contributed by atoms with Gasteiger partial charge in [0.15, 0.2) is 11.5 Å². The van der Waals surface area contributed by atoms with Crippen LogP contribution in [0.5, 0.6) is 0 Å².